The zero-order valence-electron chi connectivity index (χ0n) is 7.64. The number of unbranched alkanes of at least 4 members (excludes halogenated alkanes) is 3. The highest BCUT2D eigenvalue weighted by atomic mass is 16.2. The zero-order valence-corrected chi connectivity index (χ0v) is 7.64. The largest absolute Gasteiger partial charge is 0.330 e. The van der Waals surface area contributed by atoms with Crippen molar-refractivity contribution in [1.29, 1.82) is 0 Å². The number of Topliss-reactive ketones (excluding diaryl/α,β-unsaturated/α-hetero) is 2. The average Bonchev–Trinajstić information content (AvgIpc) is 2.03. The highest BCUT2D eigenvalue weighted by molar-refractivity contribution is 6.36. The van der Waals surface area contributed by atoms with E-state index < -0.39 is 0 Å². The van der Waals surface area contributed by atoms with Gasteiger partial charge in [0.05, 0.1) is 0 Å². The summed E-state index contributed by atoms with van der Waals surface area (Å²) in [5, 5.41) is 0. The second-order valence-corrected chi connectivity index (χ2v) is 2.93. The minimum absolute atomic E-state index is 0.247. The van der Waals surface area contributed by atoms with E-state index in [2.05, 4.69) is 0 Å². The van der Waals surface area contributed by atoms with Crippen LogP contribution >= 0.6 is 0 Å². The van der Waals surface area contributed by atoms with Crippen LogP contribution < -0.4 is 5.73 Å². The Hall–Kier alpha value is -0.700. The molecule has 0 aliphatic heterocycles. The van der Waals surface area contributed by atoms with Crippen LogP contribution in [0.25, 0.3) is 0 Å². The van der Waals surface area contributed by atoms with Crippen molar-refractivity contribution < 1.29 is 9.59 Å². The third-order valence-electron chi connectivity index (χ3n) is 1.75. The molecular weight excluding hydrogens is 154 g/mol. The van der Waals surface area contributed by atoms with E-state index in [4.69, 9.17) is 5.73 Å². The second-order valence-electron chi connectivity index (χ2n) is 2.93. The highest BCUT2D eigenvalue weighted by Gasteiger charge is 2.05. The summed E-state index contributed by atoms with van der Waals surface area (Å²) in [6.45, 7) is 2.03. The molecule has 0 aromatic heterocycles. The van der Waals surface area contributed by atoms with Gasteiger partial charge in [0.25, 0.3) is 0 Å². The lowest BCUT2D eigenvalue weighted by Crippen LogP contribution is -2.08. The molecule has 70 valence electrons. The molecular formula is C9H17NO2. The van der Waals surface area contributed by atoms with Gasteiger partial charge < -0.3 is 5.73 Å². The Kier molecular flexibility index (Phi) is 6.57. The molecule has 0 rings (SSSR count). The topological polar surface area (TPSA) is 60.2 Å². The van der Waals surface area contributed by atoms with Crippen LogP contribution in [0, 0.1) is 0 Å². The summed E-state index contributed by atoms with van der Waals surface area (Å²) in [4.78, 5) is 21.3. The van der Waals surface area contributed by atoms with Gasteiger partial charge in [-0.05, 0) is 19.4 Å². The number of carbonyl (C=O) groups is 2. The number of rotatable bonds is 7. The second kappa shape index (κ2) is 6.98. The van der Waals surface area contributed by atoms with Crippen molar-refractivity contribution in [2.24, 2.45) is 5.73 Å². The number of nitrogens with two attached hydrogens (primary N) is 1. The maximum Gasteiger partial charge on any atom is 0.198 e. The van der Waals surface area contributed by atoms with Gasteiger partial charge in [-0.3, -0.25) is 9.59 Å². The van der Waals surface area contributed by atoms with Crippen molar-refractivity contribution in [1.82, 2.24) is 0 Å². The van der Waals surface area contributed by atoms with Crippen LogP contribution in [0.5, 0.6) is 0 Å². The van der Waals surface area contributed by atoms with E-state index in [1.807, 2.05) is 0 Å². The normalized spacial score (nSPS) is 9.83. The fourth-order valence-corrected chi connectivity index (χ4v) is 0.959. The van der Waals surface area contributed by atoms with Crippen LogP contribution in [0.15, 0.2) is 0 Å². The minimum atomic E-state index is -0.325. The molecule has 3 nitrogen and oxygen atoms in total. The van der Waals surface area contributed by atoms with E-state index in [1.54, 1.807) is 0 Å². The van der Waals surface area contributed by atoms with E-state index in [-0.39, 0.29) is 11.6 Å². The molecule has 0 fully saturated rings. The van der Waals surface area contributed by atoms with Crippen molar-refractivity contribution >= 4 is 11.6 Å². The molecule has 3 heteroatoms. The lowest BCUT2D eigenvalue weighted by molar-refractivity contribution is -0.135. The van der Waals surface area contributed by atoms with Gasteiger partial charge in [-0.15, -0.1) is 0 Å². The molecule has 0 unspecified atom stereocenters. The van der Waals surface area contributed by atoms with Crippen molar-refractivity contribution in [3.05, 3.63) is 0 Å². The third-order valence-corrected chi connectivity index (χ3v) is 1.75. The number of ketones is 2. The first-order valence-corrected chi connectivity index (χ1v) is 4.42. The van der Waals surface area contributed by atoms with Gasteiger partial charge in [0.1, 0.15) is 0 Å². The summed E-state index contributed by atoms with van der Waals surface area (Å²) in [6.07, 6.45) is 4.28. The molecule has 0 aromatic carbocycles. The third kappa shape index (κ3) is 6.04. The maximum atomic E-state index is 10.8. The molecule has 0 aliphatic rings. The number of carbonyl (C=O) groups excluding carboxylic acids is 2. The summed E-state index contributed by atoms with van der Waals surface area (Å²) in [5.41, 5.74) is 5.30. The lowest BCUT2D eigenvalue weighted by atomic mass is 10.1. The predicted molar refractivity (Wildman–Crippen MR) is 47.8 cm³/mol. The monoisotopic (exact) mass is 171 g/mol. The van der Waals surface area contributed by atoms with Gasteiger partial charge >= 0.3 is 0 Å². The molecule has 0 bridgehead atoms. The van der Waals surface area contributed by atoms with Crippen LogP contribution in [-0.4, -0.2) is 18.1 Å². The molecule has 0 aromatic rings. The number of hydrogen-bond acceptors (Lipinski definition) is 3. The van der Waals surface area contributed by atoms with Crippen LogP contribution in [0.4, 0.5) is 0 Å². The Bertz CT molecular complexity index is 155. The van der Waals surface area contributed by atoms with Crippen molar-refractivity contribution in [2.75, 3.05) is 6.54 Å². The Morgan fingerprint density at radius 1 is 1.08 bits per heavy atom. The van der Waals surface area contributed by atoms with E-state index in [9.17, 15) is 9.59 Å². The standard InChI is InChI=1S/C9H17NO2/c1-8(11)9(12)6-4-2-3-5-7-10/h2-7,10H2,1H3. The smallest absolute Gasteiger partial charge is 0.198 e. The van der Waals surface area contributed by atoms with Crippen molar-refractivity contribution in [3.8, 4) is 0 Å². The van der Waals surface area contributed by atoms with Gasteiger partial charge in [0.15, 0.2) is 11.6 Å². The lowest BCUT2D eigenvalue weighted by Gasteiger charge is -1.97. The Labute approximate surface area is 73.3 Å². The molecule has 0 amide bonds. The molecule has 0 saturated carbocycles. The van der Waals surface area contributed by atoms with Crippen LogP contribution in [0.3, 0.4) is 0 Å². The first kappa shape index (κ1) is 11.3. The molecule has 2 N–H and O–H groups in total. The Balaban J connectivity index is 3.20. The summed E-state index contributed by atoms with van der Waals surface area (Å²) in [6, 6.07) is 0. The first-order valence-electron chi connectivity index (χ1n) is 4.42. The fraction of sp³-hybridized carbons (Fsp3) is 0.778. The Morgan fingerprint density at radius 2 is 1.67 bits per heavy atom. The van der Waals surface area contributed by atoms with Crippen molar-refractivity contribution in [2.45, 2.75) is 39.0 Å². The van der Waals surface area contributed by atoms with Gasteiger partial charge in [-0.2, -0.15) is 0 Å². The molecule has 0 aliphatic carbocycles. The fourth-order valence-electron chi connectivity index (χ4n) is 0.959. The van der Waals surface area contributed by atoms with Crippen molar-refractivity contribution in [3.63, 3.8) is 0 Å². The van der Waals surface area contributed by atoms with E-state index in [0.717, 1.165) is 25.7 Å². The molecule has 0 saturated heterocycles. The first-order chi connectivity index (χ1) is 5.68. The summed E-state index contributed by atoms with van der Waals surface area (Å²) >= 11 is 0. The Morgan fingerprint density at radius 3 is 2.17 bits per heavy atom. The number of hydrogen-bond donors (Lipinski definition) is 1. The van der Waals surface area contributed by atoms with E-state index in [0.29, 0.717) is 13.0 Å². The van der Waals surface area contributed by atoms with E-state index >= 15 is 0 Å². The minimum Gasteiger partial charge on any atom is -0.330 e. The maximum absolute atomic E-state index is 10.8. The van der Waals surface area contributed by atoms with Gasteiger partial charge in [-0.25, -0.2) is 0 Å². The van der Waals surface area contributed by atoms with Crippen LogP contribution in [0.1, 0.15) is 39.0 Å². The van der Waals surface area contributed by atoms with E-state index in [1.165, 1.54) is 6.92 Å². The SMILES string of the molecule is CC(=O)C(=O)CCCCCCN. The predicted octanol–water partition coefficient (Wildman–Crippen LogP) is 1.05. The van der Waals surface area contributed by atoms with Crippen LogP contribution in [0.2, 0.25) is 0 Å². The van der Waals surface area contributed by atoms with Crippen LogP contribution in [-0.2, 0) is 9.59 Å². The van der Waals surface area contributed by atoms with Gasteiger partial charge in [-0.1, -0.05) is 12.8 Å². The molecule has 0 atom stereocenters. The average molecular weight is 171 g/mol. The summed E-state index contributed by atoms with van der Waals surface area (Å²) < 4.78 is 0. The van der Waals surface area contributed by atoms with Gasteiger partial charge in [0.2, 0.25) is 0 Å². The molecule has 0 heterocycles. The zero-order chi connectivity index (χ0) is 9.40. The molecule has 12 heavy (non-hydrogen) atoms. The quantitative estimate of drug-likeness (QED) is 0.460. The van der Waals surface area contributed by atoms with Gasteiger partial charge in [0, 0.05) is 13.3 Å². The highest BCUT2D eigenvalue weighted by Crippen LogP contribution is 2.02. The molecule has 0 radical (unpaired) electrons. The summed E-state index contributed by atoms with van der Waals surface area (Å²) in [7, 11) is 0. The molecule has 0 spiro atoms. The summed E-state index contributed by atoms with van der Waals surface area (Å²) in [5.74, 6) is -0.573.